The van der Waals surface area contributed by atoms with Gasteiger partial charge in [0.2, 0.25) is 5.91 Å². The van der Waals surface area contributed by atoms with E-state index < -0.39 is 0 Å². The van der Waals surface area contributed by atoms with Gasteiger partial charge in [0.15, 0.2) is 5.13 Å². The number of aryl methyl sites for hydroxylation is 1. The fourth-order valence-corrected chi connectivity index (χ4v) is 4.15. The van der Waals surface area contributed by atoms with Crippen molar-refractivity contribution < 1.29 is 9.53 Å². The molecule has 1 amide bonds. The predicted molar refractivity (Wildman–Crippen MR) is 92.6 cm³/mol. The number of nitrogens with one attached hydrogen (secondary N) is 1. The number of carbonyl (C=O) groups is 1. The van der Waals surface area contributed by atoms with Crippen LogP contribution in [0.15, 0.2) is 24.3 Å². The molecule has 0 bridgehead atoms. The molecule has 0 fully saturated rings. The molecule has 0 aliphatic carbocycles. The number of carbonyl (C=O) groups excluding carboxylic acids is 1. The van der Waals surface area contributed by atoms with Crippen LogP contribution in [0.5, 0.6) is 5.75 Å². The van der Waals surface area contributed by atoms with E-state index in [0.29, 0.717) is 21.6 Å². The van der Waals surface area contributed by atoms with Crippen molar-refractivity contribution in [1.82, 2.24) is 4.98 Å². The maximum Gasteiger partial charge on any atom is 0.231 e. The zero-order valence-electron chi connectivity index (χ0n) is 12.0. The number of ether oxygens (including phenoxy) is 1. The zero-order valence-corrected chi connectivity index (χ0v) is 14.4. The van der Waals surface area contributed by atoms with Crippen molar-refractivity contribution in [3.63, 3.8) is 0 Å². The van der Waals surface area contributed by atoms with Crippen molar-refractivity contribution >= 4 is 55.5 Å². The van der Waals surface area contributed by atoms with Crippen LogP contribution in [0.25, 0.3) is 10.2 Å². The summed E-state index contributed by atoms with van der Waals surface area (Å²) in [4.78, 5) is 17.5. The summed E-state index contributed by atoms with van der Waals surface area (Å²) in [5.41, 5.74) is 1.89. The van der Waals surface area contributed by atoms with Crippen molar-refractivity contribution in [2.45, 2.75) is 13.3 Å². The van der Waals surface area contributed by atoms with Crippen LogP contribution in [0.2, 0.25) is 4.34 Å². The topological polar surface area (TPSA) is 51.2 Å². The minimum Gasteiger partial charge on any atom is -0.494 e. The molecule has 0 aliphatic rings. The highest BCUT2D eigenvalue weighted by atomic mass is 35.5. The van der Waals surface area contributed by atoms with Gasteiger partial charge in [0.05, 0.1) is 22.6 Å². The summed E-state index contributed by atoms with van der Waals surface area (Å²) in [5.74, 6) is 0.608. The number of thiazole rings is 1. The SMILES string of the molecule is COc1ccc(C)c2sc(NC(=O)Cc3ccc(Cl)s3)nc12. The third-order valence-electron chi connectivity index (χ3n) is 3.13. The molecule has 3 aromatic rings. The summed E-state index contributed by atoms with van der Waals surface area (Å²) >= 11 is 8.73. The molecule has 0 saturated carbocycles. The number of anilines is 1. The fraction of sp³-hybridized carbons (Fsp3) is 0.200. The number of nitrogens with zero attached hydrogens (tertiary/aromatic N) is 1. The highest BCUT2D eigenvalue weighted by Crippen LogP contribution is 2.34. The van der Waals surface area contributed by atoms with Crippen LogP contribution in [-0.2, 0) is 11.2 Å². The Balaban J connectivity index is 1.82. The van der Waals surface area contributed by atoms with E-state index in [2.05, 4.69) is 10.3 Å². The van der Waals surface area contributed by atoms with Crippen LogP contribution < -0.4 is 10.1 Å². The Kier molecular flexibility index (Phi) is 4.33. The van der Waals surface area contributed by atoms with E-state index in [1.807, 2.05) is 25.1 Å². The van der Waals surface area contributed by atoms with Gasteiger partial charge in [-0.2, -0.15) is 0 Å². The van der Waals surface area contributed by atoms with Gasteiger partial charge in [0.25, 0.3) is 0 Å². The van der Waals surface area contributed by atoms with Crippen molar-refractivity contribution in [1.29, 1.82) is 0 Å². The molecule has 3 rings (SSSR count). The zero-order chi connectivity index (χ0) is 15.7. The van der Waals surface area contributed by atoms with E-state index in [9.17, 15) is 4.79 Å². The van der Waals surface area contributed by atoms with Crippen LogP contribution in [-0.4, -0.2) is 18.0 Å². The number of benzene rings is 1. The van der Waals surface area contributed by atoms with Crippen molar-refractivity contribution in [2.24, 2.45) is 0 Å². The molecule has 0 atom stereocenters. The minimum atomic E-state index is -0.103. The van der Waals surface area contributed by atoms with E-state index in [0.717, 1.165) is 20.7 Å². The van der Waals surface area contributed by atoms with Crippen molar-refractivity contribution in [3.05, 3.63) is 39.0 Å². The van der Waals surface area contributed by atoms with E-state index in [1.165, 1.54) is 22.7 Å². The number of fused-ring (bicyclic) bond motifs is 1. The first-order valence-electron chi connectivity index (χ1n) is 6.55. The summed E-state index contributed by atoms with van der Waals surface area (Å²) < 4.78 is 7.02. The number of rotatable bonds is 4. The van der Waals surface area contributed by atoms with Gasteiger partial charge in [-0.25, -0.2) is 4.98 Å². The average Bonchev–Trinajstić information content (AvgIpc) is 3.06. The van der Waals surface area contributed by atoms with E-state index in [1.54, 1.807) is 13.2 Å². The lowest BCUT2D eigenvalue weighted by atomic mass is 10.2. The molecule has 0 unspecified atom stereocenters. The second-order valence-electron chi connectivity index (χ2n) is 4.71. The van der Waals surface area contributed by atoms with Crippen molar-refractivity contribution in [2.75, 3.05) is 12.4 Å². The van der Waals surface area contributed by atoms with E-state index in [4.69, 9.17) is 16.3 Å². The van der Waals surface area contributed by atoms with E-state index in [-0.39, 0.29) is 5.91 Å². The summed E-state index contributed by atoms with van der Waals surface area (Å²) in [6.07, 6.45) is 0.295. The van der Waals surface area contributed by atoms with E-state index >= 15 is 0 Å². The Morgan fingerprint density at radius 3 is 2.82 bits per heavy atom. The third-order valence-corrected chi connectivity index (χ3v) is 5.47. The molecule has 1 aromatic carbocycles. The Hall–Kier alpha value is -1.63. The van der Waals surface area contributed by atoms with Gasteiger partial charge >= 0.3 is 0 Å². The minimum absolute atomic E-state index is 0.103. The highest BCUT2D eigenvalue weighted by Gasteiger charge is 2.13. The van der Waals surface area contributed by atoms with Gasteiger partial charge in [0, 0.05) is 4.88 Å². The third kappa shape index (κ3) is 3.09. The predicted octanol–water partition coefficient (Wildman–Crippen LogP) is 4.51. The number of halogens is 1. The number of aromatic nitrogens is 1. The quantitative estimate of drug-likeness (QED) is 0.751. The molecular weight excluding hydrogens is 340 g/mol. The standard InChI is InChI=1S/C15H13ClN2O2S2/c1-8-3-5-10(20-2)13-14(8)22-15(18-13)17-12(19)7-9-4-6-11(16)21-9/h3-6H,7H2,1-2H3,(H,17,18,19). The van der Waals surface area contributed by atoms with Crippen LogP contribution in [0.4, 0.5) is 5.13 Å². The molecule has 2 aromatic heterocycles. The molecule has 0 aliphatic heterocycles. The number of thiophene rings is 1. The maximum atomic E-state index is 12.1. The number of amides is 1. The largest absolute Gasteiger partial charge is 0.494 e. The summed E-state index contributed by atoms with van der Waals surface area (Å²) in [7, 11) is 1.61. The van der Waals surface area contributed by atoms with Crippen LogP contribution >= 0.6 is 34.3 Å². The Bertz CT molecular complexity index is 841. The number of methoxy groups -OCH3 is 1. The highest BCUT2D eigenvalue weighted by molar-refractivity contribution is 7.22. The normalized spacial score (nSPS) is 10.9. The summed E-state index contributed by atoms with van der Waals surface area (Å²) in [6.45, 7) is 2.01. The Morgan fingerprint density at radius 2 is 2.14 bits per heavy atom. The second-order valence-corrected chi connectivity index (χ2v) is 7.51. The average molecular weight is 353 g/mol. The molecule has 1 N–H and O–H groups in total. The monoisotopic (exact) mass is 352 g/mol. The smallest absolute Gasteiger partial charge is 0.231 e. The van der Waals surface area contributed by atoms with Gasteiger partial charge in [-0.1, -0.05) is 29.0 Å². The van der Waals surface area contributed by atoms with Gasteiger partial charge in [-0.05, 0) is 30.7 Å². The molecule has 22 heavy (non-hydrogen) atoms. The molecular formula is C15H13ClN2O2S2. The van der Waals surface area contributed by atoms with Crippen molar-refractivity contribution in [3.8, 4) is 5.75 Å². The van der Waals surface area contributed by atoms with Gasteiger partial charge in [-0.3, -0.25) is 4.79 Å². The van der Waals surface area contributed by atoms with Gasteiger partial charge in [0.1, 0.15) is 11.3 Å². The number of hydrogen-bond donors (Lipinski definition) is 1. The Labute approximate surface area is 140 Å². The van der Waals surface area contributed by atoms with Crippen LogP contribution in [0.3, 0.4) is 0 Å². The van der Waals surface area contributed by atoms with Gasteiger partial charge in [-0.15, -0.1) is 11.3 Å². The first-order valence-corrected chi connectivity index (χ1v) is 8.56. The first-order chi connectivity index (χ1) is 10.6. The molecule has 114 valence electrons. The molecule has 0 saturated heterocycles. The van der Waals surface area contributed by atoms with Crippen LogP contribution in [0.1, 0.15) is 10.4 Å². The lowest BCUT2D eigenvalue weighted by molar-refractivity contribution is -0.115. The summed E-state index contributed by atoms with van der Waals surface area (Å²) in [6, 6.07) is 7.52. The molecule has 7 heteroatoms. The lowest BCUT2D eigenvalue weighted by Gasteiger charge is -2.01. The Morgan fingerprint density at radius 1 is 1.32 bits per heavy atom. The maximum absolute atomic E-state index is 12.1. The number of hydrogen-bond acceptors (Lipinski definition) is 5. The first kappa shape index (κ1) is 15.3. The van der Waals surface area contributed by atoms with Gasteiger partial charge < -0.3 is 10.1 Å². The summed E-state index contributed by atoms with van der Waals surface area (Å²) in [5, 5.41) is 3.42. The molecule has 2 heterocycles. The molecule has 4 nitrogen and oxygen atoms in total. The van der Waals surface area contributed by atoms with Crippen LogP contribution in [0, 0.1) is 6.92 Å². The second kappa shape index (κ2) is 6.24. The molecule has 0 radical (unpaired) electrons. The lowest BCUT2D eigenvalue weighted by Crippen LogP contribution is -2.13. The molecule has 0 spiro atoms. The fourth-order valence-electron chi connectivity index (χ4n) is 2.10.